The third-order valence-corrected chi connectivity index (χ3v) is 5.68. The molecule has 1 aliphatic rings. The molecule has 1 aliphatic heterocycles. The quantitative estimate of drug-likeness (QED) is 0.502. The van der Waals surface area contributed by atoms with E-state index in [0.717, 1.165) is 17.7 Å². The number of carbonyl (C=O) groups excluding carboxylic acids is 1. The largest absolute Gasteiger partial charge is 0.493 e. The predicted octanol–water partition coefficient (Wildman–Crippen LogP) is 6.13. The van der Waals surface area contributed by atoms with E-state index in [0.29, 0.717) is 53.1 Å². The van der Waals surface area contributed by atoms with Crippen LogP contribution in [-0.4, -0.2) is 19.1 Å². The van der Waals surface area contributed by atoms with E-state index in [1.54, 1.807) is 42.5 Å². The Morgan fingerprint density at radius 3 is 2.74 bits per heavy atom. The summed E-state index contributed by atoms with van der Waals surface area (Å²) in [7, 11) is 0. The number of rotatable bonds is 6. The third kappa shape index (κ3) is 5.00. The van der Waals surface area contributed by atoms with E-state index in [4.69, 9.17) is 21.1 Å². The number of halogens is 2. The van der Waals surface area contributed by atoms with Crippen LogP contribution < -0.4 is 14.8 Å². The van der Waals surface area contributed by atoms with Crippen LogP contribution >= 0.6 is 11.6 Å². The van der Waals surface area contributed by atoms with Crippen LogP contribution in [0, 0.1) is 5.82 Å². The van der Waals surface area contributed by atoms with Crippen molar-refractivity contribution in [1.82, 2.24) is 5.32 Å². The highest BCUT2D eigenvalue weighted by molar-refractivity contribution is 6.32. The van der Waals surface area contributed by atoms with Crippen molar-refractivity contribution in [2.45, 2.75) is 25.7 Å². The summed E-state index contributed by atoms with van der Waals surface area (Å²) in [5.41, 5.74) is 2.16. The van der Waals surface area contributed by atoms with Crippen molar-refractivity contribution in [2.24, 2.45) is 0 Å². The van der Waals surface area contributed by atoms with Gasteiger partial charge in [0.25, 0.3) is 5.91 Å². The molecule has 1 unspecified atom stereocenters. The highest BCUT2D eigenvalue weighted by Crippen LogP contribution is 2.41. The number of benzene rings is 3. The van der Waals surface area contributed by atoms with Gasteiger partial charge in [0.05, 0.1) is 11.6 Å². The standard InChI is InChI=1S/C25H23ClFNO3/c1-16-11-13-30-23-15-24(21(26)14-20(16)23)31-19-8-6-18(7-9-19)25(29)28-12-10-17-4-2-3-5-22(17)27/h2-9,14-16H,10-13H2,1H3,(H,28,29). The smallest absolute Gasteiger partial charge is 0.251 e. The van der Waals surface area contributed by atoms with Gasteiger partial charge in [0, 0.05) is 18.2 Å². The van der Waals surface area contributed by atoms with E-state index >= 15 is 0 Å². The van der Waals surface area contributed by atoms with Gasteiger partial charge in [0.1, 0.15) is 23.1 Å². The number of amides is 1. The van der Waals surface area contributed by atoms with E-state index in [9.17, 15) is 9.18 Å². The summed E-state index contributed by atoms with van der Waals surface area (Å²) in [6.45, 7) is 3.18. The summed E-state index contributed by atoms with van der Waals surface area (Å²) < 4.78 is 25.3. The van der Waals surface area contributed by atoms with Gasteiger partial charge >= 0.3 is 0 Å². The number of ether oxygens (including phenoxy) is 2. The molecule has 6 heteroatoms. The molecular formula is C25H23ClFNO3. The molecule has 1 heterocycles. The summed E-state index contributed by atoms with van der Waals surface area (Å²) in [6.07, 6.45) is 1.39. The molecule has 0 radical (unpaired) electrons. The van der Waals surface area contributed by atoms with Gasteiger partial charge in [0.15, 0.2) is 0 Å². The Hall–Kier alpha value is -3.05. The average Bonchev–Trinajstić information content (AvgIpc) is 2.77. The zero-order valence-electron chi connectivity index (χ0n) is 17.2. The summed E-state index contributed by atoms with van der Waals surface area (Å²) in [5.74, 6) is 1.77. The lowest BCUT2D eigenvalue weighted by atomic mass is 9.95. The molecule has 0 aromatic heterocycles. The van der Waals surface area contributed by atoms with Crippen LogP contribution in [0.2, 0.25) is 5.02 Å². The van der Waals surface area contributed by atoms with Gasteiger partial charge in [-0.3, -0.25) is 4.79 Å². The van der Waals surface area contributed by atoms with Gasteiger partial charge in [-0.15, -0.1) is 0 Å². The Kier molecular flexibility index (Phi) is 6.42. The second-order valence-electron chi connectivity index (χ2n) is 7.58. The number of fused-ring (bicyclic) bond motifs is 1. The van der Waals surface area contributed by atoms with E-state index in [1.165, 1.54) is 6.07 Å². The fourth-order valence-electron chi connectivity index (χ4n) is 3.55. The summed E-state index contributed by atoms with van der Waals surface area (Å²) in [6, 6.07) is 17.0. The molecule has 0 saturated heterocycles. The fourth-order valence-corrected chi connectivity index (χ4v) is 3.77. The molecule has 4 nitrogen and oxygen atoms in total. The molecule has 1 atom stereocenters. The lowest BCUT2D eigenvalue weighted by Gasteiger charge is -2.24. The van der Waals surface area contributed by atoms with E-state index < -0.39 is 0 Å². The van der Waals surface area contributed by atoms with Crippen molar-refractivity contribution in [2.75, 3.05) is 13.2 Å². The predicted molar refractivity (Wildman–Crippen MR) is 119 cm³/mol. The Balaban J connectivity index is 1.37. The van der Waals surface area contributed by atoms with Crippen LogP contribution in [0.3, 0.4) is 0 Å². The van der Waals surface area contributed by atoms with Crippen molar-refractivity contribution < 1.29 is 18.7 Å². The fraction of sp³-hybridized carbons (Fsp3) is 0.240. The molecule has 3 aromatic carbocycles. The van der Waals surface area contributed by atoms with Gasteiger partial charge in [-0.2, -0.15) is 0 Å². The molecular weight excluding hydrogens is 417 g/mol. The zero-order valence-corrected chi connectivity index (χ0v) is 17.9. The molecule has 3 aromatic rings. The van der Waals surface area contributed by atoms with E-state index in [1.807, 2.05) is 12.1 Å². The SMILES string of the molecule is CC1CCOc2cc(Oc3ccc(C(=O)NCCc4ccccc4F)cc3)c(Cl)cc21. The lowest BCUT2D eigenvalue weighted by molar-refractivity contribution is 0.0954. The number of carbonyl (C=O) groups is 1. The maximum absolute atomic E-state index is 13.7. The van der Waals surface area contributed by atoms with Gasteiger partial charge < -0.3 is 14.8 Å². The van der Waals surface area contributed by atoms with Gasteiger partial charge in [-0.25, -0.2) is 4.39 Å². The molecule has 0 spiro atoms. The summed E-state index contributed by atoms with van der Waals surface area (Å²) in [4.78, 5) is 12.4. The van der Waals surface area contributed by atoms with Gasteiger partial charge in [0.2, 0.25) is 0 Å². The molecule has 0 aliphatic carbocycles. The molecule has 0 fully saturated rings. The van der Waals surface area contributed by atoms with E-state index in [-0.39, 0.29) is 11.7 Å². The Morgan fingerprint density at radius 1 is 1.19 bits per heavy atom. The Labute approximate surface area is 186 Å². The zero-order chi connectivity index (χ0) is 21.8. The lowest BCUT2D eigenvalue weighted by Crippen LogP contribution is -2.25. The van der Waals surface area contributed by atoms with Gasteiger partial charge in [-0.05, 0) is 66.3 Å². The van der Waals surface area contributed by atoms with Crippen LogP contribution in [0.4, 0.5) is 4.39 Å². The first-order valence-corrected chi connectivity index (χ1v) is 10.6. The van der Waals surface area contributed by atoms with E-state index in [2.05, 4.69) is 12.2 Å². The Bertz CT molecular complexity index is 1080. The first-order chi connectivity index (χ1) is 15.0. The highest BCUT2D eigenvalue weighted by atomic mass is 35.5. The molecule has 1 amide bonds. The maximum atomic E-state index is 13.7. The monoisotopic (exact) mass is 439 g/mol. The maximum Gasteiger partial charge on any atom is 0.251 e. The van der Waals surface area contributed by atoms with Gasteiger partial charge in [-0.1, -0.05) is 36.7 Å². The number of hydrogen-bond donors (Lipinski definition) is 1. The molecule has 160 valence electrons. The first kappa shape index (κ1) is 21.2. The van der Waals surface area contributed by atoms with Crippen LogP contribution in [0.25, 0.3) is 0 Å². The Morgan fingerprint density at radius 2 is 1.97 bits per heavy atom. The van der Waals surface area contributed by atoms with Crippen LogP contribution in [-0.2, 0) is 6.42 Å². The molecule has 1 N–H and O–H groups in total. The molecule has 0 saturated carbocycles. The highest BCUT2D eigenvalue weighted by Gasteiger charge is 2.20. The van der Waals surface area contributed by atoms with Crippen LogP contribution in [0.15, 0.2) is 60.7 Å². The molecule has 4 rings (SSSR count). The molecule has 0 bridgehead atoms. The summed E-state index contributed by atoms with van der Waals surface area (Å²) >= 11 is 6.41. The second kappa shape index (κ2) is 9.40. The van der Waals surface area contributed by atoms with Crippen molar-refractivity contribution in [3.63, 3.8) is 0 Å². The van der Waals surface area contributed by atoms with Crippen LogP contribution in [0.1, 0.15) is 40.7 Å². The topological polar surface area (TPSA) is 47.6 Å². The number of hydrogen-bond acceptors (Lipinski definition) is 3. The van der Waals surface area contributed by atoms with Crippen molar-refractivity contribution in [3.8, 4) is 17.2 Å². The van der Waals surface area contributed by atoms with Crippen LogP contribution in [0.5, 0.6) is 17.2 Å². The summed E-state index contributed by atoms with van der Waals surface area (Å²) in [5, 5.41) is 3.33. The molecule has 31 heavy (non-hydrogen) atoms. The number of nitrogens with one attached hydrogen (secondary N) is 1. The van der Waals surface area contributed by atoms with Crippen molar-refractivity contribution >= 4 is 17.5 Å². The second-order valence-corrected chi connectivity index (χ2v) is 7.99. The minimum Gasteiger partial charge on any atom is -0.493 e. The third-order valence-electron chi connectivity index (χ3n) is 5.39. The minimum absolute atomic E-state index is 0.225. The first-order valence-electron chi connectivity index (χ1n) is 10.3. The van der Waals surface area contributed by atoms with Crippen molar-refractivity contribution in [3.05, 3.63) is 88.2 Å². The van der Waals surface area contributed by atoms with Crippen molar-refractivity contribution in [1.29, 1.82) is 0 Å². The minimum atomic E-state index is -0.265. The average molecular weight is 440 g/mol. The normalized spacial score (nSPS) is 15.0.